The van der Waals surface area contributed by atoms with E-state index in [2.05, 4.69) is 9.97 Å². The molecule has 0 aliphatic rings. The molecule has 0 fully saturated rings. The molecule has 0 aliphatic heterocycles. The Morgan fingerprint density at radius 1 is 1.17 bits per heavy atom. The summed E-state index contributed by atoms with van der Waals surface area (Å²) in [5.41, 5.74) is 7.94. The first-order chi connectivity index (χ1) is 13.6. The first kappa shape index (κ1) is 22.4. The number of ether oxygens (including phenoxy) is 2. The Morgan fingerprint density at radius 3 is 2.59 bits per heavy atom. The van der Waals surface area contributed by atoms with Crippen molar-refractivity contribution >= 4 is 29.1 Å². The molecule has 0 saturated heterocycles. The van der Waals surface area contributed by atoms with Gasteiger partial charge in [-0.3, -0.25) is 14.8 Å². The van der Waals surface area contributed by atoms with Gasteiger partial charge in [-0.2, -0.15) is 0 Å². The number of carbonyl (C=O) groups excluding carboxylic acids is 1. The summed E-state index contributed by atoms with van der Waals surface area (Å²) in [6.07, 6.45) is 3.99. The molecular formula is C21H25ClN4O3. The zero-order valence-electron chi connectivity index (χ0n) is 16.7. The molecule has 2 heterocycles. The number of pyridine rings is 2. The van der Waals surface area contributed by atoms with Crippen LogP contribution in [0, 0.1) is 0 Å². The van der Waals surface area contributed by atoms with Crippen LogP contribution in [0.2, 0.25) is 0 Å². The predicted octanol–water partition coefficient (Wildman–Crippen LogP) is 2.84. The number of benzene rings is 1. The van der Waals surface area contributed by atoms with Crippen molar-refractivity contribution < 1.29 is 14.3 Å². The van der Waals surface area contributed by atoms with Crippen molar-refractivity contribution in [2.75, 3.05) is 27.8 Å². The molecule has 0 atom stereocenters. The summed E-state index contributed by atoms with van der Waals surface area (Å²) >= 11 is 0. The number of rotatable bonds is 7. The first-order valence-electron chi connectivity index (χ1n) is 8.98. The maximum absolute atomic E-state index is 13.1. The Hall–Kier alpha value is -2.90. The van der Waals surface area contributed by atoms with Crippen LogP contribution in [-0.2, 0) is 13.0 Å². The summed E-state index contributed by atoms with van der Waals surface area (Å²) in [5, 5.41) is 1.44. The topological polar surface area (TPSA) is 90.6 Å². The maximum Gasteiger partial charge on any atom is 0.255 e. The molecule has 7 nitrogen and oxygen atoms in total. The van der Waals surface area contributed by atoms with E-state index in [0.29, 0.717) is 41.1 Å². The minimum atomic E-state index is -0.132. The maximum atomic E-state index is 13.1. The van der Waals surface area contributed by atoms with Gasteiger partial charge in [0.1, 0.15) is 11.5 Å². The van der Waals surface area contributed by atoms with Gasteiger partial charge >= 0.3 is 0 Å². The molecule has 0 bridgehead atoms. The number of aromatic nitrogens is 2. The summed E-state index contributed by atoms with van der Waals surface area (Å²) in [6, 6.07) is 9.34. The first-order valence-corrected chi connectivity index (χ1v) is 8.98. The third-order valence-electron chi connectivity index (χ3n) is 4.66. The lowest BCUT2D eigenvalue weighted by atomic mass is 10.0. The third-order valence-corrected chi connectivity index (χ3v) is 4.66. The van der Waals surface area contributed by atoms with E-state index in [9.17, 15) is 4.79 Å². The molecule has 1 amide bonds. The van der Waals surface area contributed by atoms with Crippen molar-refractivity contribution in [2.24, 2.45) is 5.73 Å². The third kappa shape index (κ3) is 4.75. The largest absolute Gasteiger partial charge is 0.497 e. The molecule has 154 valence electrons. The molecule has 29 heavy (non-hydrogen) atoms. The van der Waals surface area contributed by atoms with Crippen LogP contribution in [-0.4, -0.2) is 48.6 Å². The molecule has 1 aromatic carbocycles. The van der Waals surface area contributed by atoms with Crippen LogP contribution in [0.25, 0.3) is 10.8 Å². The Kier molecular flexibility index (Phi) is 7.75. The normalized spacial score (nSPS) is 10.3. The van der Waals surface area contributed by atoms with E-state index in [4.69, 9.17) is 15.2 Å². The molecule has 2 N–H and O–H groups in total. The number of carbonyl (C=O) groups is 1. The van der Waals surface area contributed by atoms with Crippen LogP contribution in [0.5, 0.6) is 11.5 Å². The zero-order valence-corrected chi connectivity index (χ0v) is 17.5. The van der Waals surface area contributed by atoms with E-state index in [-0.39, 0.29) is 24.9 Å². The van der Waals surface area contributed by atoms with Gasteiger partial charge in [0.15, 0.2) is 0 Å². The molecule has 0 saturated carbocycles. The Balaban J connectivity index is 0.00000300. The minimum Gasteiger partial charge on any atom is -0.497 e. The summed E-state index contributed by atoms with van der Waals surface area (Å²) in [5.74, 6) is 1.05. The lowest BCUT2D eigenvalue weighted by molar-refractivity contribution is 0.0798. The van der Waals surface area contributed by atoms with Crippen LogP contribution in [0.3, 0.4) is 0 Å². The van der Waals surface area contributed by atoms with Crippen LogP contribution in [0.15, 0.2) is 42.7 Å². The van der Waals surface area contributed by atoms with Crippen LogP contribution in [0.4, 0.5) is 0 Å². The summed E-state index contributed by atoms with van der Waals surface area (Å²) in [7, 11) is 4.92. The highest BCUT2D eigenvalue weighted by Crippen LogP contribution is 2.35. The molecule has 0 unspecified atom stereocenters. The van der Waals surface area contributed by atoms with Crippen molar-refractivity contribution in [2.45, 2.75) is 13.0 Å². The molecule has 2 aromatic heterocycles. The van der Waals surface area contributed by atoms with Crippen molar-refractivity contribution in [3.05, 3.63) is 59.7 Å². The van der Waals surface area contributed by atoms with Crippen LogP contribution in [0.1, 0.15) is 21.7 Å². The number of amides is 1. The second-order valence-corrected chi connectivity index (χ2v) is 6.37. The summed E-state index contributed by atoms with van der Waals surface area (Å²) in [4.78, 5) is 23.5. The fourth-order valence-electron chi connectivity index (χ4n) is 3.12. The molecule has 3 aromatic rings. The standard InChI is InChI=1S/C21H24N4O3.ClH/c1-25(9-7-14-6-4-5-8-23-14)21(26)17-13-24-18(12-22)20-16(17)10-15(27-2)11-19(20)28-3;/h4-6,8,10-11,13H,7,9,12,22H2,1-3H3;1H. The van der Waals surface area contributed by atoms with Gasteiger partial charge in [0.25, 0.3) is 5.91 Å². The lowest BCUT2D eigenvalue weighted by Crippen LogP contribution is -2.29. The van der Waals surface area contributed by atoms with E-state index < -0.39 is 0 Å². The highest BCUT2D eigenvalue weighted by molar-refractivity contribution is 6.09. The van der Waals surface area contributed by atoms with E-state index in [1.807, 2.05) is 24.3 Å². The summed E-state index contributed by atoms with van der Waals surface area (Å²) in [6.45, 7) is 0.778. The van der Waals surface area contributed by atoms with E-state index in [1.54, 1.807) is 44.6 Å². The molecule has 8 heteroatoms. The Labute approximate surface area is 176 Å². The van der Waals surface area contributed by atoms with Gasteiger partial charge in [0, 0.05) is 61.5 Å². The molecule has 0 spiro atoms. The van der Waals surface area contributed by atoms with E-state index >= 15 is 0 Å². The lowest BCUT2D eigenvalue weighted by Gasteiger charge is -2.19. The number of methoxy groups -OCH3 is 2. The van der Waals surface area contributed by atoms with Gasteiger partial charge in [0.05, 0.1) is 25.5 Å². The fourth-order valence-corrected chi connectivity index (χ4v) is 3.12. The molecule has 0 radical (unpaired) electrons. The van der Waals surface area contributed by atoms with Gasteiger partial charge in [-0.15, -0.1) is 12.4 Å². The highest BCUT2D eigenvalue weighted by atomic mass is 35.5. The van der Waals surface area contributed by atoms with E-state index in [1.165, 1.54) is 0 Å². The van der Waals surface area contributed by atoms with Crippen LogP contribution >= 0.6 is 12.4 Å². The van der Waals surface area contributed by atoms with Crippen molar-refractivity contribution in [1.82, 2.24) is 14.9 Å². The number of nitrogens with zero attached hydrogens (tertiary/aromatic N) is 3. The zero-order chi connectivity index (χ0) is 20.1. The monoisotopic (exact) mass is 416 g/mol. The molecular weight excluding hydrogens is 392 g/mol. The van der Waals surface area contributed by atoms with Gasteiger partial charge in [0.2, 0.25) is 0 Å². The number of likely N-dealkylation sites (N-methyl/N-ethyl adjacent to an activating group) is 1. The number of fused-ring (bicyclic) bond motifs is 1. The highest BCUT2D eigenvalue weighted by Gasteiger charge is 2.20. The van der Waals surface area contributed by atoms with Crippen molar-refractivity contribution in [3.8, 4) is 11.5 Å². The fraction of sp³-hybridized carbons (Fsp3) is 0.286. The predicted molar refractivity (Wildman–Crippen MR) is 115 cm³/mol. The van der Waals surface area contributed by atoms with Crippen molar-refractivity contribution in [3.63, 3.8) is 0 Å². The van der Waals surface area contributed by atoms with Gasteiger partial charge in [-0.05, 0) is 18.2 Å². The minimum absolute atomic E-state index is 0. The second-order valence-electron chi connectivity index (χ2n) is 6.37. The number of hydrogen-bond acceptors (Lipinski definition) is 6. The number of hydrogen-bond donors (Lipinski definition) is 1. The smallest absolute Gasteiger partial charge is 0.255 e. The van der Waals surface area contributed by atoms with Crippen molar-refractivity contribution in [1.29, 1.82) is 0 Å². The van der Waals surface area contributed by atoms with Gasteiger partial charge in [-0.1, -0.05) is 6.07 Å². The van der Waals surface area contributed by atoms with E-state index in [0.717, 1.165) is 11.1 Å². The average Bonchev–Trinajstić information content (AvgIpc) is 2.75. The quantitative estimate of drug-likeness (QED) is 0.636. The Bertz CT molecular complexity index is 983. The average molecular weight is 417 g/mol. The number of nitrogens with two attached hydrogens (primary N) is 1. The SMILES string of the molecule is COc1cc(OC)c2c(CN)ncc(C(=O)N(C)CCc3ccccn3)c2c1.Cl. The van der Waals surface area contributed by atoms with Gasteiger partial charge < -0.3 is 20.1 Å². The second kappa shape index (κ2) is 10.0. The van der Waals surface area contributed by atoms with Gasteiger partial charge in [-0.25, -0.2) is 0 Å². The number of halogens is 1. The Morgan fingerprint density at radius 2 is 1.97 bits per heavy atom. The molecule has 3 rings (SSSR count). The molecule has 0 aliphatic carbocycles. The summed E-state index contributed by atoms with van der Waals surface area (Å²) < 4.78 is 10.9. The van der Waals surface area contributed by atoms with Crippen LogP contribution < -0.4 is 15.2 Å².